The first-order chi connectivity index (χ1) is 13.8. The first-order valence-corrected chi connectivity index (χ1v) is 9.41. The molecule has 1 amide bonds. The molecule has 0 spiro atoms. The zero-order valence-electron chi connectivity index (χ0n) is 15.0. The van der Waals surface area contributed by atoms with Gasteiger partial charge in [0.25, 0.3) is 5.91 Å². The fraction of sp³-hybridized carbons (Fsp3) is 0.300. The van der Waals surface area contributed by atoms with E-state index in [1.54, 1.807) is 4.68 Å². The number of carbonyl (C=O) groups excluding carboxylic acids is 1. The van der Waals surface area contributed by atoms with E-state index in [1.165, 1.54) is 0 Å². The number of tetrazole rings is 1. The van der Waals surface area contributed by atoms with Crippen molar-refractivity contribution in [2.75, 3.05) is 13.2 Å². The van der Waals surface area contributed by atoms with Gasteiger partial charge in [0.05, 0.1) is 5.69 Å². The van der Waals surface area contributed by atoms with E-state index < -0.39 is 0 Å². The van der Waals surface area contributed by atoms with Crippen molar-refractivity contribution in [3.63, 3.8) is 0 Å². The second kappa shape index (κ2) is 5.79. The summed E-state index contributed by atoms with van der Waals surface area (Å²) in [6, 6.07) is 13.3. The summed E-state index contributed by atoms with van der Waals surface area (Å²) in [6.07, 6.45) is 2.03. The fourth-order valence-corrected chi connectivity index (χ4v) is 4.04. The van der Waals surface area contributed by atoms with Crippen molar-refractivity contribution < 1.29 is 14.3 Å². The highest BCUT2D eigenvalue weighted by molar-refractivity contribution is 6.00. The predicted octanol–water partition coefficient (Wildman–Crippen LogP) is 2.14. The smallest absolute Gasteiger partial charge is 0.255 e. The lowest BCUT2D eigenvalue weighted by molar-refractivity contribution is 0.0729. The standard InChI is InChI=1S/C20H17N5O3/c26-20-15-4-2-1-3-14(15)18(24(20)12-5-6-12)19-21-22-23-25(19)13-7-8-16-17(11-13)28-10-9-27-16/h1-4,7-8,11-12,18H,5-6,9-10H2. The molecule has 140 valence electrons. The van der Waals surface area contributed by atoms with Gasteiger partial charge in [0, 0.05) is 17.7 Å². The summed E-state index contributed by atoms with van der Waals surface area (Å²) in [4.78, 5) is 15.0. The second-order valence-corrected chi connectivity index (χ2v) is 7.21. The second-order valence-electron chi connectivity index (χ2n) is 7.21. The Morgan fingerprint density at radius 2 is 1.82 bits per heavy atom. The summed E-state index contributed by atoms with van der Waals surface area (Å²) in [6.45, 7) is 1.05. The van der Waals surface area contributed by atoms with E-state index in [2.05, 4.69) is 15.5 Å². The summed E-state index contributed by atoms with van der Waals surface area (Å²) in [5, 5.41) is 12.4. The van der Waals surface area contributed by atoms with E-state index in [0.717, 1.165) is 29.7 Å². The van der Waals surface area contributed by atoms with Crippen molar-refractivity contribution in [3.8, 4) is 17.2 Å². The highest BCUT2D eigenvalue weighted by Gasteiger charge is 2.47. The van der Waals surface area contributed by atoms with Crippen LogP contribution in [-0.4, -0.2) is 50.3 Å². The Bertz CT molecular complexity index is 1090. The third kappa shape index (κ3) is 2.24. The molecule has 0 saturated heterocycles. The normalized spacial score (nSPS) is 20.4. The van der Waals surface area contributed by atoms with E-state index in [9.17, 15) is 4.79 Å². The zero-order valence-corrected chi connectivity index (χ0v) is 15.0. The third-order valence-corrected chi connectivity index (χ3v) is 5.45. The molecular formula is C20H17N5O3. The summed E-state index contributed by atoms with van der Waals surface area (Å²) >= 11 is 0. The fourth-order valence-electron chi connectivity index (χ4n) is 4.04. The van der Waals surface area contributed by atoms with Gasteiger partial charge in [-0.15, -0.1) is 5.10 Å². The van der Waals surface area contributed by atoms with Gasteiger partial charge in [-0.2, -0.15) is 4.68 Å². The maximum Gasteiger partial charge on any atom is 0.255 e. The Labute approximate surface area is 160 Å². The lowest BCUT2D eigenvalue weighted by Crippen LogP contribution is -2.32. The number of nitrogens with zero attached hydrogens (tertiary/aromatic N) is 5. The molecule has 1 unspecified atom stereocenters. The Kier molecular flexibility index (Phi) is 3.23. The molecular weight excluding hydrogens is 358 g/mol. The Hall–Kier alpha value is -3.42. The van der Waals surface area contributed by atoms with Crippen molar-refractivity contribution in [3.05, 3.63) is 59.4 Å². The Balaban J connectivity index is 1.48. The minimum atomic E-state index is -0.292. The van der Waals surface area contributed by atoms with Crippen molar-refractivity contribution in [2.45, 2.75) is 24.9 Å². The first-order valence-electron chi connectivity index (χ1n) is 9.41. The molecule has 0 N–H and O–H groups in total. The first kappa shape index (κ1) is 15.6. The summed E-state index contributed by atoms with van der Waals surface area (Å²) in [5.41, 5.74) is 2.46. The van der Waals surface area contributed by atoms with Gasteiger partial charge in [0.15, 0.2) is 17.3 Å². The Morgan fingerprint density at radius 3 is 2.68 bits per heavy atom. The van der Waals surface area contributed by atoms with Crippen LogP contribution in [0.5, 0.6) is 11.5 Å². The number of hydrogen-bond acceptors (Lipinski definition) is 6. The third-order valence-electron chi connectivity index (χ3n) is 5.45. The zero-order chi connectivity index (χ0) is 18.7. The van der Waals surface area contributed by atoms with Crippen molar-refractivity contribution in [1.82, 2.24) is 25.1 Å². The van der Waals surface area contributed by atoms with Crippen LogP contribution >= 0.6 is 0 Å². The highest BCUT2D eigenvalue weighted by Crippen LogP contribution is 2.44. The van der Waals surface area contributed by atoms with Crippen LogP contribution in [0.15, 0.2) is 42.5 Å². The van der Waals surface area contributed by atoms with E-state index in [4.69, 9.17) is 9.47 Å². The summed E-state index contributed by atoms with van der Waals surface area (Å²) in [7, 11) is 0. The van der Waals surface area contributed by atoms with E-state index in [1.807, 2.05) is 47.4 Å². The van der Waals surface area contributed by atoms with Gasteiger partial charge >= 0.3 is 0 Å². The minimum absolute atomic E-state index is 0.0554. The lowest BCUT2D eigenvalue weighted by Gasteiger charge is -2.24. The maximum atomic E-state index is 13.0. The number of amides is 1. The molecule has 1 atom stereocenters. The topological polar surface area (TPSA) is 82.4 Å². The molecule has 8 nitrogen and oxygen atoms in total. The number of fused-ring (bicyclic) bond motifs is 2. The molecule has 1 saturated carbocycles. The van der Waals surface area contributed by atoms with Crippen LogP contribution in [0.25, 0.3) is 5.69 Å². The Morgan fingerprint density at radius 1 is 1.00 bits per heavy atom. The predicted molar refractivity (Wildman–Crippen MR) is 97.6 cm³/mol. The van der Waals surface area contributed by atoms with Crippen LogP contribution in [0.1, 0.15) is 40.6 Å². The molecule has 3 aliphatic rings. The van der Waals surface area contributed by atoms with Crippen LogP contribution in [0.2, 0.25) is 0 Å². The maximum absolute atomic E-state index is 13.0. The average Bonchev–Trinajstić information content (AvgIpc) is 3.38. The number of ether oxygens (including phenoxy) is 2. The molecule has 1 aromatic heterocycles. The van der Waals surface area contributed by atoms with E-state index in [-0.39, 0.29) is 18.0 Å². The average molecular weight is 375 g/mol. The molecule has 2 aromatic carbocycles. The van der Waals surface area contributed by atoms with Crippen LogP contribution in [0, 0.1) is 0 Å². The molecule has 1 fully saturated rings. The molecule has 3 heterocycles. The molecule has 3 aromatic rings. The van der Waals surface area contributed by atoms with E-state index >= 15 is 0 Å². The van der Waals surface area contributed by atoms with Crippen molar-refractivity contribution >= 4 is 5.91 Å². The molecule has 1 aliphatic carbocycles. The van der Waals surface area contributed by atoms with Gasteiger partial charge in [-0.1, -0.05) is 18.2 Å². The number of hydrogen-bond donors (Lipinski definition) is 0. The van der Waals surface area contributed by atoms with Gasteiger partial charge in [0.1, 0.15) is 19.3 Å². The molecule has 2 aliphatic heterocycles. The van der Waals surface area contributed by atoms with Gasteiger partial charge in [-0.05, 0) is 47.0 Å². The largest absolute Gasteiger partial charge is 0.486 e. The summed E-state index contributed by atoms with van der Waals surface area (Å²) < 4.78 is 13.0. The number of rotatable bonds is 3. The van der Waals surface area contributed by atoms with Crippen LogP contribution in [0.4, 0.5) is 0 Å². The quantitative estimate of drug-likeness (QED) is 0.698. The molecule has 0 radical (unpaired) electrons. The van der Waals surface area contributed by atoms with Crippen LogP contribution in [0.3, 0.4) is 0 Å². The van der Waals surface area contributed by atoms with Crippen LogP contribution < -0.4 is 9.47 Å². The van der Waals surface area contributed by atoms with Crippen LogP contribution in [-0.2, 0) is 0 Å². The number of aromatic nitrogens is 4. The molecule has 6 rings (SSSR count). The monoisotopic (exact) mass is 375 g/mol. The van der Waals surface area contributed by atoms with Crippen molar-refractivity contribution in [1.29, 1.82) is 0 Å². The minimum Gasteiger partial charge on any atom is -0.486 e. The summed E-state index contributed by atoms with van der Waals surface area (Å²) in [5.74, 6) is 2.07. The highest BCUT2D eigenvalue weighted by atomic mass is 16.6. The number of carbonyl (C=O) groups is 1. The number of benzene rings is 2. The lowest BCUT2D eigenvalue weighted by atomic mass is 10.0. The molecule has 28 heavy (non-hydrogen) atoms. The van der Waals surface area contributed by atoms with Gasteiger partial charge in [0.2, 0.25) is 0 Å². The van der Waals surface area contributed by atoms with Gasteiger partial charge in [-0.3, -0.25) is 4.79 Å². The van der Waals surface area contributed by atoms with E-state index in [0.29, 0.717) is 30.5 Å². The van der Waals surface area contributed by atoms with Gasteiger partial charge < -0.3 is 14.4 Å². The SMILES string of the molecule is O=C1c2ccccc2C(c2nnnn2-c2ccc3c(c2)OCCO3)N1C1CC1. The van der Waals surface area contributed by atoms with Crippen molar-refractivity contribution in [2.24, 2.45) is 0 Å². The molecule has 0 bridgehead atoms. The molecule has 8 heteroatoms. The van der Waals surface area contributed by atoms with Gasteiger partial charge in [-0.25, -0.2) is 0 Å².